The molecule has 0 aliphatic carbocycles. The van der Waals surface area contributed by atoms with E-state index in [4.69, 9.17) is 46.4 Å². The molecular weight excluding hydrogens is 532 g/mol. The van der Waals surface area contributed by atoms with E-state index in [1.54, 1.807) is 25.1 Å². The minimum atomic E-state index is -3.93. The molecule has 0 saturated carbocycles. The summed E-state index contributed by atoms with van der Waals surface area (Å²) < 4.78 is 26.0. The summed E-state index contributed by atoms with van der Waals surface area (Å²) in [5, 5.41) is 3.30. The Kier molecular flexibility index (Phi) is 9.70. The molecule has 0 heterocycles. The molecular formula is C21H23Cl4N3O4S. The molecule has 7 nitrogen and oxygen atoms in total. The summed E-state index contributed by atoms with van der Waals surface area (Å²) in [5.74, 6) is -1.00. The van der Waals surface area contributed by atoms with Crippen molar-refractivity contribution in [1.82, 2.24) is 10.2 Å². The van der Waals surface area contributed by atoms with Crippen LogP contribution in [0.15, 0.2) is 36.4 Å². The summed E-state index contributed by atoms with van der Waals surface area (Å²) in [6.07, 6.45) is 1.25. The van der Waals surface area contributed by atoms with Crippen LogP contribution < -0.4 is 9.62 Å². The van der Waals surface area contributed by atoms with Gasteiger partial charge in [0, 0.05) is 13.6 Å². The molecule has 0 bridgehead atoms. The Morgan fingerprint density at radius 1 is 1.03 bits per heavy atom. The predicted octanol–water partition coefficient (Wildman–Crippen LogP) is 4.62. The van der Waals surface area contributed by atoms with E-state index in [0.717, 1.165) is 10.6 Å². The van der Waals surface area contributed by atoms with Crippen molar-refractivity contribution in [2.45, 2.75) is 25.9 Å². The molecule has 2 aromatic carbocycles. The van der Waals surface area contributed by atoms with Crippen molar-refractivity contribution in [2.75, 3.05) is 24.2 Å². The van der Waals surface area contributed by atoms with Gasteiger partial charge in [-0.15, -0.1) is 0 Å². The van der Waals surface area contributed by atoms with Crippen LogP contribution >= 0.6 is 46.4 Å². The lowest BCUT2D eigenvalue weighted by molar-refractivity contribution is -0.140. The van der Waals surface area contributed by atoms with Gasteiger partial charge in [0.2, 0.25) is 21.8 Å². The number of nitrogens with one attached hydrogen (secondary N) is 1. The molecule has 0 aliphatic rings. The zero-order chi connectivity index (χ0) is 24.9. The highest BCUT2D eigenvalue weighted by molar-refractivity contribution is 7.92. The van der Waals surface area contributed by atoms with Crippen molar-refractivity contribution in [3.8, 4) is 0 Å². The molecule has 0 saturated heterocycles. The van der Waals surface area contributed by atoms with Crippen LogP contribution in [0.2, 0.25) is 20.1 Å². The average Bonchev–Trinajstić information content (AvgIpc) is 2.75. The number of halogens is 4. The Labute approximate surface area is 213 Å². The van der Waals surface area contributed by atoms with Gasteiger partial charge in [0.25, 0.3) is 0 Å². The fourth-order valence-corrected chi connectivity index (χ4v) is 4.82. The third-order valence-electron chi connectivity index (χ3n) is 4.85. The molecule has 0 spiro atoms. The van der Waals surface area contributed by atoms with E-state index in [1.165, 1.54) is 30.1 Å². The number of amides is 2. The van der Waals surface area contributed by atoms with Gasteiger partial charge in [0.15, 0.2) is 0 Å². The van der Waals surface area contributed by atoms with Crippen molar-refractivity contribution in [2.24, 2.45) is 0 Å². The number of sulfonamides is 1. The van der Waals surface area contributed by atoms with E-state index >= 15 is 0 Å². The van der Waals surface area contributed by atoms with Gasteiger partial charge in [-0.25, -0.2) is 8.42 Å². The molecule has 0 fully saturated rings. The van der Waals surface area contributed by atoms with Crippen molar-refractivity contribution >= 4 is 73.9 Å². The number of anilines is 1. The fraction of sp³-hybridized carbons (Fsp3) is 0.333. The first-order valence-electron chi connectivity index (χ1n) is 9.77. The summed E-state index contributed by atoms with van der Waals surface area (Å²) in [6, 6.07) is 8.47. The lowest BCUT2D eigenvalue weighted by Gasteiger charge is -2.32. The van der Waals surface area contributed by atoms with Crippen molar-refractivity contribution in [3.05, 3.63) is 62.1 Å². The van der Waals surface area contributed by atoms with E-state index in [-0.39, 0.29) is 27.3 Å². The number of carbonyl (C=O) groups excluding carboxylic acids is 2. The number of hydrogen-bond donors (Lipinski definition) is 1. The molecule has 1 N–H and O–H groups in total. The molecule has 2 aromatic rings. The monoisotopic (exact) mass is 553 g/mol. The highest BCUT2D eigenvalue weighted by Gasteiger charge is 2.32. The van der Waals surface area contributed by atoms with E-state index in [1.807, 2.05) is 0 Å². The fourth-order valence-electron chi connectivity index (χ4n) is 3.20. The molecule has 12 heteroatoms. The smallest absolute Gasteiger partial charge is 0.244 e. The summed E-state index contributed by atoms with van der Waals surface area (Å²) in [7, 11) is -2.47. The van der Waals surface area contributed by atoms with Crippen LogP contribution in [0.3, 0.4) is 0 Å². The second-order valence-electron chi connectivity index (χ2n) is 7.15. The average molecular weight is 555 g/mol. The highest BCUT2D eigenvalue weighted by atomic mass is 35.5. The molecule has 1 atom stereocenters. The van der Waals surface area contributed by atoms with Gasteiger partial charge in [-0.1, -0.05) is 65.5 Å². The molecule has 0 unspecified atom stereocenters. The lowest BCUT2D eigenvalue weighted by atomic mass is 10.1. The Hall–Kier alpha value is -1.71. The van der Waals surface area contributed by atoms with E-state index in [9.17, 15) is 18.0 Å². The number of carbonyl (C=O) groups is 2. The van der Waals surface area contributed by atoms with Crippen LogP contribution in [-0.2, 0) is 26.2 Å². The maximum Gasteiger partial charge on any atom is 0.244 e. The standard InChI is InChI=1S/C21H23Cl4N3O4S/c1-4-17(21(30)26-2)27(11-13-8-9-14(22)16(24)10-13)19(29)12-28(33(3,31)32)18-7-5-6-15(23)20(18)25/h5-10,17H,4,11-12H2,1-3H3,(H,26,30)/t17-/m0/s1. The van der Waals surface area contributed by atoms with Gasteiger partial charge in [0.05, 0.1) is 32.0 Å². The molecule has 33 heavy (non-hydrogen) atoms. The molecule has 2 amide bonds. The Morgan fingerprint density at radius 2 is 1.70 bits per heavy atom. The SMILES string of the molecule is CC[C@@H](C(=O)NC)N(Cc1ccc(Cl)c(Cl)c1)C(=O)CN(c1cccc(Cl)c1Cl)S(C)(=O)=O. The maximum absolute atomic E-state index is 13.5. The van der Waals surface area contributed by atoms with Crippen LogP contribution in [0, 0.1) is 0 Å². The molecule has 0 aliphatic heterocycles. The summed E-state index contributed by atoms with van der Waals surface area (Å²) in [4.78, 5) is 27.3. The van der Waals surface area contributed by atoms with Crippen molar-refractivity contribution in [1.29, 1.82) is 0 Å². The van der Waals surface area contributed by atoms with Crippen molar-refractivity contribution < 1.29 is 18.0 Å². The molecule has 180 valence electrons. The first-order valence-corrected chi connectivity index (χ1v) is 13.1. The highest BCUT2D eigenvalue weighted by Crippen LogP contribution is 2.34. The Bertz CT molecular complexity index is 1140. The summed E-state index contributed by atoms with van der Waals surface area (Å²) in [5.41, 5.74) is 0.675. The van der Waals surface area contributed by atoms with Crippen LogP contribution in [0.1, 0.15) is 18.9 Å². The number of benzene rings is 2. The van der Waals surface area contributed by atoms with Crippen LogP contribution in [0.5, 0.6) is 0 Å². The largest absolute Gasteiger partial charge is 0.357 e. The summed E-state index contributed by atoms with van der Waals surface area (Å²) in [6.45, 7) is 1.16. The Balaban J connectivity index is 2.49. The summed E-state index contributed by atoms with van der Waals surface area (Å²) >= 11 is 24.4. The van der Waals surface area contributed by atoms with Gasteiger partial charge in [0.1, 0.15) is 12.6 Å². The molecule has 0 radical (unpaired) electrons. The molecule has 2 rings (SSSR count). The van der Waals surface area contributed by atoms with Crippen LogP contribution in [0.25, 0.3) is 0 Å². The Morgan fingerprint density at radius 3 is 2.24 bits per heavy atom. The number of nitrogens with zero attached hydrogens (tertiary/aromatic N) is 2. The minimum absolute atomic E-state index is 0.00251. The predicted molar refractivity (Wildman–Crippen MR) is 134 cm³/mol. The normalized spacial score (nSPS) is 12.2. The van der Waals surface area contributed by atoms with Gasteiger partial charge in [-0.05, 0) is 36.2 Å². The number of hydrogen-bond acceptors (Lipinski definition) is 4. The zero-order valence-electron chi connectivity index (χ0n) is 18.1. The second kappa shape index (κ2) is 11.6. The third-order valence-corrected chi connectivity index (χ3v) is 7.52. The van der Waals surface area contributed by atoms with Crippen molar-refractivity contribution in [3.63, 3.8) is 0 Å². The number of rotatable bonds is 9. The van der Waals surface area contributed by atoms with Gasteiger partial charge in [-0.2, -0.15) is 0 Å². The first-order chi connectivity index (χ1) is 15.4. The minimum Gasteiger partial charge on any atom is -0.357 e. The second-order valence-corrected chi connectivity index (χ2v) is 10.7. The van der Waals surface area contributed by atoms with Gasteiger partial charge in [-0.3, -0.25) is 13.9 Å². The first kappa shape index (κ1) is 27.5. The van der Waals surface area contributed by atoms with Gasteiger partial charge >= 0.3 is 0 Å². The molecule has 0 aromatic heterocycles. The van der Waals surface area contributed by atoms with Crippen LogP contribution in [0.4, 0.5) is 5.69 Å². The topological polar surface area (TPSA) is 86.8 Å². The maximum atomic E-state index is 13.5. The number of likely N-dealkylation sites (N-methyl/N-ethyl adjacent to an activating group) is 1. The lowest BCUT2D eigenvalue weighted by Crippen LogP contribution is -2.51. The van der Waals surface area contributed by atoms with E-state index in [2.05, 4.69) is 5.32 Å². The third kappa shape index (κ3) is 6.90. The zero-order valence-corrected chi connectivity index (χ0v) is 22.0. The quantitative estimate of drug-likeness (QED) is 0.490. The van der Waals surface area contributed by atoms with E-state index < -0.39 is 34.4 Å². The van der Waals surface area contributed by atoms with Gasteiger partial charge < -0.3 is 10.2 Å². The van der Waals surface area contributed by atoms with Crippen LogP contribution in [-0.4, -0.2) is 51.0 Å². The van der Waals surface area contributed by atoms with E-state index in [0.29, 0.717) is 17.0 Å².